The molecule has 0 aliphatic carbocycles. The Morgan fingerprint density at radius 1 is 1.50 bits per heavy atom. The highest BCUT2D eigenvalue weighted by molar-refractivity contribution is 9.10. The van der Waals surface area contributed by atoms with Crippen molar-refractivity contribution < 1.29 is 8.42 Å². The maximum Gasteiger partial charge on any atom is 0.278 e. The molecule has 88 valence electrons. The predicted octanol–water partition coefficient (Wildman–Crippen LogP) is 0.825. The largest absolute Gasteiger partial charge is 0.278 e. The zero-order valence-corrected chi connectivity index (χ0v) is 10.8. The molecule has 0 radical (unpaired) electrons. The van der Waals surface area contributed by atoms with E-state index in [0.717, 1.165) is 6.42 Å². The molecule has 2 heterocycles. The van der Waals surface area contributed by atoms with Crippen LogP contribution >= 0.6 is 15.9 Å². The molecule has 0 amide bonds. The lowest BCUT2D eigenvalue weighted by Gasteiger charge is -2.20. The fourth-order valence-corrected chi connectivity index (χ4v) is 3.91. The van der Waals surface area contributed by atoms with Crippen LogP contribution in [-0.2, 0) is 9.84 Å². The van der Waals surface area contributed by atoms with Gasteiger partial charge in [0.15, 0.2) is 9.84 Å². The molecule has 1 saturated heterocycles. The third-order valence-corrected chi connectivity index (χ3v) is 5.07. The summed E-state index contributed by atoms with van der Waals surface area (Å²) in [5, 5.41) is 6.24. The molecular formula is C9H11BrN2O3S. The van der Waals surface area contributed by atoms with Gasteiger partial charge in [-0.25, -0.2) is 13.5 Å². The van der Waals surface area contributed by atoms with E-state index in [1.54, 1.807) is 6.07 Å². The van der Waals surface area contributed by atoms with Gasteiger partial charge in [0.25, 0.3) is 5.56 Å². The number of hydrogen-bond acceptors (Lipinski definition) is 4. The highest BCUT2D eigenvalue weighted by atomic mass is 79.9. The van der Waals surface area contributed by atoms with Gasteiger partial charge in [0.05, 0.1) is 21.7 Å². The fraction of sp³-hybridized carbons (Fsp3) is 0.556. The van der Waals surface area contributed by atoms with Gasteiger partial charge >= 0.3 is 0 Å². The first-order chi connectivity index (χ1) is 7.48. The molecule has 1 aromatic rings. The number of nitrogens with zero attached hydrogens (tertiary/aromatic N) is 1. The van der Waals surface area contributed by atoms with Gasteiger partial charge < -0.3 is 0 Å². The minimum Gasteiger partial charge on any atom is -0.267 e. The third-order valence-electron chi connectivity index (χ3n) is 2.66. The quantitative estimate of drug-likeness (QED) is 0.833. The van der Waals surface area contributed by atoms with Crippen LogP contribution in [0.3, 0.4) is 0 Å². The molecule has 0 bridgehead atoms. The lowest BCUT2D eigenvalue weighted by atomic mass is 10.0. The lowest BCUT2D eigenvalue weighted by molar-refractivity contribution is 0.546. The average Bonchev–Trinajstić information content (AvgIpc) is 2.20. The molecule has 1 N–H and O–H groups in total. The van der Waals surface area contributed by atoms with E-state index in [1.165, 1.54) is 0 Å². The van der Waals surface area contributed by atoms with Crippen LogP contribution in [0.5, 0.6) is 0 Å². The molecule has 16 heavy (non-hydrogen) atoms. The summed E-state index contributed by atoms with van der Waals surface area (Å²) >= 11 is 3.11. The molecule has 1 atom stereocenters. The molecule has 0 spiro atoms. The summed E-state index contributed by atoms with van der Waals surface area (Å²) in [6, 6.07) is 1.60. The molecule has 5 nitrogen and oxygen atoms in total. The summed E-state index contributed by atoms with van der Waals surface area (Å²) in [5.41, 5.74) is 0.331. The Hall–Kier alpha value is -0.690. The maximum absolute atomic E-state index is 11.5. The predicted molar refractivity (Wildman–Crippen MR) is 63.2 cm³/mol. The van der Waals surface area contributed by atoms with Crippen LogP contribution < -0.4 is 5.56 Å². The Kier molecular flexibility index (Phi) is 3.16. The van der Waals surface area contributed by atoms with Gasteiger partial charge in [-0.15, -0.1) is 0 Å². The molecule has 2 rings (SSSR count). The van der Waals surface area contributed by atoms with Crippen molar-refractivity contribution in [3.05, 3.63) is 26.6 Å². The number of H-pyrrole nitrogens is 1. The normalized spacial score (nSPS) is 24.2. The second-order valence-corrected chi connectivity index (χ2v) is 7.01. The van der Waals surface area contributed by atoms with E-state index in [4.69, 9.17) is 0 Å². The molecule has 1 unspecified atom stereocenters. The Morgan fingerprint density at radius 2 is 2.25 bits per heavy atom. The van der Waals surface area contributed by atoms with E-state index in [1.807, 2.05) is 0 Å². The second kappa shape index (κ2) is 4.29. The van der Waals surface area contributed by atoms with Gasteiger partial charge in [-0.2, -0.15) is 5.10 Å². The molecular weight excluding hydrogens is 296 g/mol. The maximum atomic E-state index is 11.5. The molecule has 1 aliphatic heterocycles. The highest BCUT2D eigenvalue weighted by Gasteiger charge is 2.27. The van der Waals surface area contributed by atoms with Crippen molar-refractivity contribution in [2.45, 2.75) is 18.8 Å². The van der Waals surface area contributed by atoms with Crippen LogP contribution in [0.25, 0.3) is 0 Å². The molecule has 1 fully saturated rings. The summed E-state index contributed by atoms with van der Waals surface area (Å²) in [7, 11) is -2.95. The molecule has 7 heteroatoms. The van der Waals surface area contributed by atoms with Crippen molar-refractivity contribution >= 4 is 25.8 Å². The Morgan fingerprint density at radius 3 is 2.88 bits per heavy atom. The average molecular weight is 307 g/mol. The van der Waals surface area contributed by atoms with Crippen LogP contribution in [0, 0.1) is 0 Å². The molecule has 1 aliphatic rings. The van der Waals surface area contributed by atoms with Gasteiger partial charge in [-0.3, -0.25) is 4.79 Å². The van der Waals surface area contributed by atoms with E-state index < -0.39 is 9.84 Å². The smallest absolute Gasteiger partial charge is 0.267 e. The van der Waals surface area contributed by atoms with Crippen molar-refractivity contribution in [3.63, 3.8) is 0 Å². The third kappa shape index (κ3) is 2.52. The van der Waals surface area contributed by atoms with E-state index in [-0.39, 0.29) is 23.0 Å². The van der Waals surface area contributed by atoms with Gasteiger partial charge in [-0.1, -0.05) is 0 Å². The number of halogens is 1. The van der Waals surface area contributed by atoms with E-state index in [0.29, 0.717) is 16.6 Å². The first kappa shape index (κ1) is 11.8. The zero-order chi connectivity index (χ0) is 11.8. The summed E-state index contributed by atoms with van der Waals surface area (Å²) < 4.78 is 23.3. The van der Waals surface area contributed by atoms with Gasteiger partial charge in [0, 0.05) is 5.92 Å². The first-order valence-electron chi connectivity index (χ1n) is 4.93. The summed E-state index contributed by atoms with van der Waals surface area (Å²) in [4.78, 5) is 11.1. The Bertz CT molecular complexity index is 552. The molecule has 0 aromatic carbocycles. The Balaban J connectivity index is 2.30. The number of nitrogens with one attached hydrogen (secondary N) is 1. The second-order valence-electron chi connectivity index (χ2n) is 3.92. The van der Waals surface area contributed by atoms with Crippen LogP contribution in [0.15, 0.2) is 15.3 Å². The standard InChI is InChI=1S/C9H11BrN2O3S/c10-7-4-8(11-12-9(7)13)6-2-1-3-16(14,15)5-6/h4,6H,1-3,5H2,(H,12,13). The van der Waals surface area contributed by atoms with Crippen molar-refractivity contribution in [1.29, 1.82) is 0 Å². The minimum atomic E-state index is -2.95. The van der Waals surface area contributed by atoms with Crippen molar-refractivity contribution in [2.75, 3.05) is 11.5 Å². The van der Waals surface area contributed by atoms with Crippen LogP contribution in [0.1, 0.15) is 24.5 Å². The molecule has 1 aromatic heterocycles. The van der Waals surface area contributed by atoms with Gasteiger partial charge in [-0.05, 0) is 34.8 Å². The SMILES string of the molecule is O=c1[nH]nc(C2CCCS(=O)(=O)C2)cc1Br. The number of aromatic amines is 1. The first-order valence-corrected chi connectivity index (χ1v) is 7.55. The topological polar surface area (TPSA) is 79.9 Å². The van der Waals surface area contributed by atoms with E-state index in [9.17, 15) is 13.2 Å². The molecule has 0 saturated carbocycles. The van der Waals surface area contributed by atoms with Crippen molar-refractivity contribution in [3.8, 4) is 0 Å². The Labute approximate surface area is 101 Å². The number of sulfone groups is 1. The zero-order valence-electron chi connectivity index (χ0n) is 8.44. The van der Waals surface area contributed by atoms with Crippen molar-refractivity contribution in [1.82, 2.24) is 10.2 Å². The highest BCUT2D eigenvalue weighted by Crippen LogP contribution is 2.27. The minimum absolute atomic E-state index is 0.105. The van der Waals surface area contributed by atoms with Crippen LogP contribution in [-0.4, -0.2) is 30.1 Å². The van der Waals surface area contributed by atoms with Gasteiger partial charge in [0.2, 0.25) is 0 Å². The van der Waals surface area contributed by atoms with Gasteiger partial charge in [0.1, 0.15) is 0 Å². The van der Waals surface area contributed by atoms with E-state index in [2.05, 4.69) is 26.1 Å². The number of rotatable bonds is 1. The van der Waals surface area contributed by atoms with Crippen molar-refractivity contribution in [2.24, 2.45) is 0 Å². The summed E-state index contributed by atoms with van der Waals surface area (Å²) in [5.74, 6) is 0.277. The number of aromatic nitrogens is 2. The van der Waals surface area contributed by atoms with Crippen LogP contribution in [0.4, 0.5) is 0 Å². The summed E-state index contributed by atoms with van der Waals surface area (Å²) in [6.07, 6.45) is 1.45. The monoisotopic (exact) mass is 306 g/mol. The summed E-state index contributed by atoms with van der Waals surface area (Å²) in [6.45, 7) is 0. The van der Waals surface area contributed by atoms with Crippen LogP contribution in [0.2, 0.25) is 0 Å². The lowest BCUT2D eigenvalue weighted by Crippen LogP contribution is -2.25. The number of hydrogen-bond donors (Lipinski definition) is 1. The van der Waals surface area contributed by atoms with E-state index >= 15 is 0 Å². The fourth-order valence-electron chi connectivity index (χ4n) is 1.86.